The van der Waals surface area contributed by atoms with E-state index in [2.05, 4.69) is 26.5 Å². The van der Waals surface area contributed by atoms with Gasteiger partial charge in [-0.3, -0.25) is 4.79 Å². The zero-order valence-electron chi connectivity index (χ0n) is 14.4. The van der Waals surface area contributed by atoms with E-state index in [4.69, 9.17) is 16.3 Å². The van der Waals surface area contributed by atoms with Gasteiger partial charge in [0, 0.05) is 20.6 Å². The quantitative estimate of drug-likeness (QED) is 0.251. The van der Waals surface area contributed by atoms with Crippen LogP contribution in [0.15, 0.2) is 82.4 Å². The lowest BCUT2D eigenvalue weighted by Gasteiger charge is -2.08. The first-order chi connectivity index (χ1) is 13.5. The molecule has 0 saturated carbocycles. The molecule has 3 aromatic carbocycles. The van der Waals surface area contributed by atoms with Gasteiger partial charge in [0.25, 0.3) is 5.91 Å². The predicted molar refractivity (Wildman–Crippen MR) is 112 cm³/mol. The first-order valence-electron chi connectivity index (χ1n) is 8.19. The molecule has 0 spiro atoms. The van der Waals surface area contributed by atoms with Gasteiger partial charge in [0.15, 0.2) is 0 Å². The highest BCUT2D eigenvalue weighted by molar-refractivity contribution is 9.10. The molecule has 0 saturated heterocycles. The number of carbonyl (C=O) groups excluding carboxylic acids is 2. The van der Waals surface area contributed by atoms with Crippen molar-refractivity contribution >= 4 is 45.6 Å². The van der Waals surface area contributed by atoms with E-state index in [1.54, 1.807) is 66.7 Å². The summed E-state index contributed by atoms with van der Waals surface area (Å²) in [5.74, 6) is -0.574. The van der Waals surface area contributed by atoms with Crippen LogP contribution in [0.1, 0.15) is 26.3 Å². The number of hydrogen-bond acceptors (Lipinski definition) is 4. The van der Waals surface area contributed by atoms with Crippen LogP contribution < -0.4 is 10.2 Å². The fraction of sp³-hybridized carbons (Fsp3) is 0. The SMILES string of the molecule is O=C(N/N=C\c1cc(Br)ccc1OC(=O)c1ccccc1)c1cccc(Cl)c1. The molecule has 0 unspecified atom stereocenters. The van der Waals surface area contributed by atoms with Crippen LogP contribution in [0.3, 0.4) is 0 Å². The minimum absolute atomic E-state index is 0.317. The summed E-state index contributed by atoms with van der Waals surface area (Å²) >= 11 is 9.25. The van der Waals surface area contributed by atoms with Gasteiger partial charge in [0.05, 0.1) is 11.8 Å². The average molecular weight is 458 g/mol. The minimum Gasteiger partial charge on any atom is -0.422 e. The van der Waals surface area contributed by atoms with E-state index < -0.39 is 11.9 Å². The van der Waals surface area contributed by atoms with E-state index >= 15 is 0 Å². The summed E-state index contributed by atoms with van der Waals surface area (Å²) in [5.41, 5.74) is 3.76. The van der Waals surface area contributed by atoms with Crippen LogP contribution in [0.25, 0.3) is 0 Å². The number of nitrogens with one attached hydrogen (secondary N) is 1. The molecule has 1 N–H and O–H groups in total. The third-order valence-corrected chi connectivity index (χ3v) is 4.37. The molecule has 3 aromatic rings. The Morgan fingerprint density at radius 1 is 0.964 bits per heavy atom. The number of halogens is 2. The fourth-order valence-electron chi connectivity index (χ4n) is 2.30. The molecule has 0 aromatic heterocycles. The maximum absolute atomic E-state index is 12.3. The van der Waals surface area contributed by atoms with Gasteiger partial charge >= 0.3 is 5.97 Å². The highest BCUT2D eigenvalue weighted by atomic mass is 79.9. The first-order valence-corrected chi connectivity index (χ1v) is 9.36. The molecule has 0 radical (unpaired) electrons. The molecule has 0 atom stereocenters. The van der Waals surface area contributed by atoms with Crippen molar-refractivity contribution in [3.05, 3.63) is 99.0 Å². The van der Waals surface area contributed by atoms with Gasteiger partial charge in [-0.1, -0.05) is 51.8 Å². The van der Waals surface area contributed by atoms with Gasteiger partial charge < -0.3 is 4.74 Å². The van der Waals surface area contributed by atoms with Crippen molar-refractivity contribution < 1.29 is 14.3 Å². The van der Waals surface area contributed by atoms with Crippen molar-refractivity contribution in [3.63, 3.8) is 0 Å². The molecule has 28 heavy (non-hydrogen) atoms. The maximum Gasteiger partial charge on any atom is 0.343 e. The molecule has 7 heteroatoms. The Labute approximate surface area is 175 Å². The lowest BCUT2D eigenvalue weighted by atomic mass is 10.2. The third kappa shape index (κ3) is 5.28. The molecule has 0 heterocycles. The highest BCUT2D eigenvalue weighted by Crippen LogP contribution is 2.23. The summed E-state index contributed by atoms with van der Waals surface area (Å²) in [7, 11) is 0. The number of hydrazone groups is 1. The van der Waals surface area contributed by atoms with Crippen molar-refractivity contribution in [2.24, 2.45) is 5.10 Å². The Bertz CT molecular complexity index is 1040. The summed E-state index contributed by atoms with van der Waals surface area (Å²) in [6.45, 7) is 0. The van der Waals surface area contributed by atoms with Gasteiger partial charge in [-0.25, -0.2) is 10.2 Å². The molecular formula is C21H14BrClN2O3. The van der Waals surface area contributed by atoms with Gasteiger partial charge in [-0.2, -0.15) is 5.10 Å². The summed E-state index contributed by atoms with van der Waals surface area (Å²) in [6.07, 6.45) is 1.40. The maximum atomic E-state index is 12.3. The first kappa shape index (κ1) is 19.8. The van der Waals surface area contributed by atoms with E-state index in [1.807, 2.05) is 6.07 Å². The second-order valence-corrected chi connectivity index (χ2v) is 7.00. The number of amides is 1. The Morgan fingerprint density at radius 3 is 2.46 bits per heavy atom. The topological polar surface area (TPSA) is 67.8 Å². The van der Waals surface area contributed by atoms with Gasteiger partial charge in [-0.05, 0) is 48.5 Å². The van der Waals surface area contributed by atoms with Crippen LogP contribution in [0, 0.1) is 0 Å². The smallest absolute Gasteiger partial charge is 0.343 e. The van der Waals surface area contributed by atoms with Crippen LogP contribution >= 0.6 is 27.5 Å². The lowest BCUT2D eigenvalue weighted by molar-refractivity contribution is 0.0734. The van der Waals surface area contributed by atoms with Crippen molar-refractivity contribution in [3.8, 4) is 5.75 Å². The van der Waals surface area contributed by atoms with Gasteiger partial charge in [-0.15, -0.1) is 0 Å². The summed E-state index contributed by atoms with van der Waals surface area (Å²) in [6, 6.07) is 20.3. The molecule has 3 rings (SSSR count). The standard InChI is InChI=1S/C21H14BrClN2O3/c22-17-9-10-19(28-21(27)14-5-2-1-3-6-14)16(11-17)13-24-25-20(26)15-7-4-8-18(23)12-15/h1-13H,(H,25,26)/b24-13-. The van der Waals surface area contributed by atoms with Gasteiger partial charge in [0.2, 0.25) is 0 Å². The van der Waals surface area contributed by atoms with E-state index in [0.29, 0.717) is 27.5 Å². The Kier molecular flexibility index (Phi) is 6.57. The number of esters is 1. The van der Waals surface area contributed by atoms with Crippen molar-refractivity contribution in [1.82, 2.24) is 5.43 Å². The average Bonchev–Trinajstić information content (AvgIpc) is 2.70. The zero-order valence-corrected chi connectivity index (χ0v) is 16.8. The number of rotatable bonds is 5. The molecule has 0 fully saturated rings. The molecule has 140 valence electrons. The Morgan fingerprint density at radius 2 is 1.71 bits per heavy atom. The van der Waals surface area contributed by atoms with Gasteiger partial charge in [0.1, 0.15) is 5.75 Å². The van der Waals surface area contributed by atoms with E-state index in [0.717, 1.165) is 4.47 Å². The van der Waals surface area contributed by atoms with Crippen LogP contribution in [-0.2, 0) is 0 Å². The number of nitrogens with zero attached hydrogens (tertiary/aromatic N) is 1. The van der Waals surface area contributed by atoms with Crippen molar-refractivity contribution in [1.29, 1.82) is 0 Å². The number of carbonyl (C=O) groups is 2. The molecule has 0 bridgehead atoms. The monoisotopic (exact) mass is 456 g/mol. The minimum atomic E-state index is -0.486. The van der Waals surface area contributed by atoms with Crippen LogP contribution in [0.4, 0.5) is 0 Å². The van der Waals surface area contributed by atoms with Crippen molar-refractivity contribution in [2.75, 3.05) is 0 Å². The molecule has 5 nitrogen and oxygen atoms in total. The van der Waals surface area contributed by atoms with E-state index in [-0.39, 0.29) is 0 Å². The van der Waals surface area contributed by atoms with E-state index in [9.17, 15) is 9.59 Å². The van der Waals surface area contributed by atoms with Crippen LogP contribution in [0.2, 0.25) is 5.02 Å². The lowest BCUT2D eigenvalue weighted by Crippen LogP contribution is -2.17. The third-order valence-electron chi connectivity index (χ3n) is 3.64. The van der Waals surface area contributed by atoms with Crippen molar-refractivity contribution in [2.45, 2.75) is 0 Å². The molecule has 0 aliphatic heterocycles. The Balaban J connectivity index is 1.74. The summed E-state index contributed by atoms with van der Waals surface area (Å²) in [5, 5.41) is 4.41. The number of benzene rings is 3. The second-order valence-electron chi connectivity index (χ2n) is 5.65. The summed E-state index contributed by atoms with van der Waals surface area (Å²) < 4.78 is 6.24. The van der Waals surface area contributed by atoms with E-state index in [1.165, 1.54) is 6.21 Å². The normalized spacial score (nSPS) is 10.6. The fourth-order valence-corrected chi connectivity index (χ4v) is 2.87. The highest BCUT2D eigenvalue weighted by Gasteiger charge is 2.11. The molecular weight excluding hydrogens is 444 g/mol. The predicted octanol–water partition coefficient (Wildman–Crippen LogP) is 5.09. The van der Waals surface area contributed by atoms with Crippen LogP contribution in [-0.4, -0.2) is 18.1 Å². The number of hydrogen-bond donors (Lipinski definition) is 1. The molecule has 1 amide bonds. The second kappa shape index (κ2) is 9.30. The zero-order chi connectivity index (χ0) is 19.9. The molecule has 0 aliphatic carbocycles. The van der Waals surface area contributed by atoms with Crippen LogP contribution in [0.5, 0.6) is 5.75 Å². The Hall–Kier alpha value is -2.96. The summed E-state index contributed by atoms with van der Waals surface area (Å²) in [4.78, 5) is 24.4. The largest absolute Gasteiger partial charge is 0.422 e. The molecule has 0 aliphatic rings. The number of ether oxygens (including phenoxy) is 1.